The Morgan fingerprint density at radius 3 is 2.00 bits per heavy atom. The lowest BCUT2D eigenvalue weighted by Gasteiger charge is -1.92. The molecule has 0 saturated heterocycles. The van der Waals surface area contributed by atoms with E-state index in [9.17, 15) is 4.79 Å². The molecule has 3 N–H and O–H groups in total. The number of aliphatic hydroxyl groups is 1. The molecule has 0 atom stereocenters. The molecule has 0 bridgehead atoms. The van der Waals surface area contributed by atoms with Crippen LogP contribution in [0.3, 0.4) is 0 Å². The number of aliphatic hydroxyl groups excluding tert-OH is 1. The summed E-state index contributed by atoms with van der Waals surface area (Å²) in [5, 5.41) is 22.3. The minimum absolute atomic E-state index is 0.112. The second-order valence-electron chi connectivity index (χ2n) is 2.16. The summed E-state index contributed by atoms with van der Waals surface area (Å²) in [7, 11) is 1.00. The zero-order valence-electron chi connectivity index (χ0n) is 8.33. The van der Waals surface area contributed by atoms with Gasteiger partial charge in [-0.15, -0.1) is 0 Å². The highest BCUT2D eigenvalue weighted by Gasteiger charge is 1.96. The quantitative estimate of drug-likeness (QED) is 0.627. The summed E-state index contributed by atoms with van der Waals surface area (Å²) < 4.78 is 0. The zero-order chi connectivity index (χ0) is 12.1. The summed E-state index contributed by atoms with van der Waals surface area (Å²) in [5.74, 6) is -0.786. The molecule has 0 saturated carbocycles. The Balaban J connectivity index is 0. The standard InChI is InChI=1S/C8H8O2.CH2O2.CH4O/c9-8(10)6-7-4-2-1-3-5-7;2-1-3;1-2/h1-5H,6H2,(H,9,10);1H,(H,2,3);2H,1H3. The number of carbonyl (C=O) groups is 2. The van der Waals surface area contributed by atoms with E-state index < -0.39 is 5.97 Å². The van der Waals surface area contributed by atoms with E-state index in [0.717, 1.165) is 12.7 Å². The third kappa shape index (κ3) is 12.1. The molecule has 5 nitrogen and oxygen atoms in total. The van der Waals surface area contributed by atoms with E-state index in [2.05, 4.69) is 0 Å². The van der Waals surface area contributed by atoms with Gasteiger partial charge in [-0.2, -0.15) is 0 Å². The van der Waals surface area contributed by atoms with Gasteiger partial charge >= 0.3 is 5.97 Å². The van der Waals surface area contributed by atoms with Crippen LogP contribution < -0.4 is 0 Å². The van der Waals surface area contributed by atoms with E-state index in [1.807, 2.05) is 18.2 Å². The predicted molar refractivity (Wildman–Crippen MR) is 54.6 cm³/mol. The van der Waals surface area contributed by atoms with E-state index in [1.54, 1.807) is 12.1 Å². The van der Waals surface area contributed by atoms with Gasteiger partial charge in [-0.1, -0.05) is 30.3 Å². The van der Waals surface area contributed by atoms with Gasteiger partial charge in [-0.05, 0) is 5.56 Å². The van der Waals surface area contributed by atoms with Crippen LogP contribution in [0.25, 0.3) is 0 Å². The molecule has 0 aliphatic carbocycles. The van der Waals surface area contributed by atoms with E-state index >= 15 is 0 Å². The molecule has 0 aliphatic rings. The van der Waals surface area contributed by atoms with Crippen molar-refractivity contribution in [2.75, 3.05) is 7.11 Å². The SMILES string of the molecule is CO.O=C(O)Cc1ccccc1.O=CO. The Bertz CT molecular complexity index is 258. The van der Waals surface area contributed by atoms with Crippen LogP contribution in [0.4, 0.5) is 0 Å². The second-order valence-corrected chi connectivity index (χ2v) is 2.16. The van der Waals surface area contributed by atoms with Crippen LogP contribution >= 0.6 is 0 Å². The largest absolute Gasteiger partial charge is 0.483 e. The lowest BCUT2D eigenvalue weighted by Crippen LogP contribution is -1.98. The Labute approximate surface area is 87.6 Å². The van der Waals surface area contributed by atoms with E-state index in [0.29, 0.717) is 0 Å². The number of carboxylic acids is 1. The molecule has 0 aliphatic heterocycles. The molecule has 5 heteroatoms. The van der Waals surface area contributed by atoms with Crippen molar-refractivity contribution in [3.05, 3.63) is 35.9 Å². The fourth-order valence-electron chi connectivity index (χ4n) is 0.770. The lowest BCUT2D eigenvalue weighted by molar-refractivity contribution is -0.136. The monoisotopic (exact) mass is 214 g/mol. The normalized spacial score (nSPS) is 7.33. The average Bonchev–Trinajstić information content (AvgIpc) is 2.22. The first kappa shape index (κ1) is 15.6. The molecule has 15 heavy (non-hydrogen) atoms. The summed E-state index contributed by atoms with van der Waals surface area (Å²) in [5.41, 5.74) is 0.843. The molecule has 0 fully saturated rings. The molecule has 0 heterocycles. The zero-order valence-corrected chi connectivity index (χ0v) is 8.33. The molecule has 0 amide bonds. The van der Waals surface area contributed by atoms with Crippen LogP contribution in [0, 0.1) is 0 Å². The number of aliphatic carboxylic acids is 1. The minimum atomic E-state index is -0.786. The summed E-state index contributed by atoms with van der Waals surface area (Å²) >= 11 is 0. The molecule has 84 valence electrons. The Morgan fingerprint density at radius 2 is 1.67 bits per heavy atom. The Morgan fingerprint density at radius 1 is 1.27 bits per heavy atom. The first-order chi connectivity index (χ1) is 7.20. The summed E-state index contributed by atoms with van der Waals surface area (Å²) in [6.45, 7) is -0.250. The molecular weight excluding hydrogens is 200 g/mol. The Hall–Kier alpha value is -1.88. The average molecular weight is 214 g/mol. The molecular formula is C10H14O5. The third-order valence-electron chi connectivity index (χ3n) is 1.20. The van der Waals surface area contributed by atoms with Crippen molar-refractivity contribution in [1.29, 1.82) is 0 Å². The van der Waals surface area contributed by atoms with Crippen LogP contribution in [-0.4, -0.2) is 34.9 Å². The molecule has 1 rings (SSSR count). The van der Waals surface area contributed by atoms with Gasteiger partial charge < -0.3 is 15.3 Å². The van der Waals surface area contributed by atoms with Crippen molar-refractivity contribution in [3.8, 4) is 0 Å². The van der Waals surface area contributed by atoms with Crippen LogP contribution in [0.2, 0.25) is 0 Å². The summed E-state index contributed by atoms with van der Waals surface area (Å²) in [6.07, 6.45) is 0.112. The van der Waals surface area contributed by atoms with Crippen molar-refractivity contribution >= 4 is 12.4 Å². The fourth-order valence-corrected chi connectivity index (χ4v) is 0.770. The number of hydrogen-bond acceptors (Lipinski definition) is 3. The van der Waals surface area contributed by atoms with Crippen LogP contribution in [-0.2, 0) is 16.0 Å². The summed E-state index contributed by atoms with van der Waals surface area (Å²) in [6, 6.07) is 9.13. The minimum Gasteiger partial charge on any atom is -0.483 e. The molecule has 0 unspecified atom stereocenters. The van der Waals surface area contributed by atoms with Crippen molar-refractivity contribution in [3.63, 3.8) is 0 Å². The van der Waals surface area contributed by atoms with Crippen LogP contribution in [0.15, 0.2) is 30.3 Å². The van der Waals surface area contributed by atoms with E-state index in [4.69, 9.17) is 20.1 Å². The second kappa shape index (κ2) is 12.1. The van der Waals surface area contributed by atoms with Crippen molar-refractivity contribution in [2.24, 2.45) is 0 Å². The highest BCUT2D eigenvalue weighted by molar-refractivity contribution is 5.70. The van der Waals surface area contributed by atoms with Gasteiger partial charge in [-0.3, -0.25) is 9.59 Å². The van der Waals surface area contributed by atoms with Gasteiger partial charge in [0.05, 0.1) is 6.42 Å². The first-order valence-corrected chi connectivity index (χ1v) is 3.99. The Kier molecular flexibility index (Phi) is 12.6. The molecule has 0 radical (unpaired) electrons. The van der Waals surface area contributed by atoms with Crippen molar-refractivity contribution < 1.29 is 24.9 Å². The van der Waals surface area contributed by atoms with Gasteiger partial charge in [0, 0.05) is 7.11 Å². The number of hydrogen-bond donors (Lipinski definition) is 3. The predicted octanol–water partition coefficient (Wildman–Crippen LogP) is 0.623. The van der Waals surface area contributed by atoms with Gasteiger partial charge in [0.1, 0.15) is 0 Å². The smallest absolute Gasteiger partial charge is 0.307 e. The van der Waals surface area contributed by atoms with Crippen molar-refractivity contribution in [2.45, 2.75) is 6.42 Å². The molecule has 1 aromatic carbocycles. The molecule has 1 aromatic rings. The van der Waals surface area contributed by atoms with Crippen LogP contribution in [0.1, 0.15) is 5.56 Å². The highest BCUT2D eigenvalue weighted by Crippen LogP contribution is 1.98. The van der Waals surface area contributed by atoms with Gasteiger partial charge in [0.25, 0.3) is 6.47 Å². The van der Waals surface area contributed by atoms with Gasteiger partial charge in [-0.25, -0.2) is 0 Å². The van der Waals surface area contributed by atoms with Crippen LogP contribution in [0.5, 0.6) is 0 Å². The topological polar surface area (TPSA) is 94.8 Å². The third-order valence-corrected chi connectivity index (χ3v) is 1.20. The highest BCUT2D eigenvalue weighted by atomic mass is 16.4. The van der Waals surface area contributed by atoms with E-state index in [-0.39, 0.29) is 12.9 Å². The maximum atomic E-state index is 10.2. The lowest BCUT2D eigenvalue weighted by atomic mass is 10.2. The number of rotatable bonds is 2. The number of benzene rings is 1. The fraction of sp³-hybridized carbons (Fsp3) is 0.200. The molecule has 0 spiro atoms. The van der Waals surface area contributed by atoms with Gasteiger partial charge in [0.2, 0.25) is 0 Å². The van der Waals surface area contributed by atoms with Crippen molar-refractivity contribution in [1.82, 2.24) is 0 Å². The maximum Gasteiger partial charge on any atom is 0.307 e. The first-order valence-electron chi connectivity index (χ1n) is 3.99. The number of carboxylic acid groups (broad SMARTS) is 2. The summed E-state index contributed by atoms with van der Waals surface area (Å²) in [4.78, 5) is 18.5. The van der Waals surface area contributed by atoms with Gasteiger partial charge in [0.15, 0.2) is 0 Å². The maximum absolute atomic E-state index is 10.2. The molecule has 0 aromatic heterocycles. The van der Waals surface area contributed by atoms with E-state index in [1.165, 1.54) is 0 Å².